The molecule has 8 heteroatoms. The molecule has 0 saturated carbocycles. The lowest BCUT2D eigenvalue weighted by molar-refractivity contribution is -0.120. The van der Waals surface area contributed by atoms with Gasteiger partial charge in [-0.2, -0.15) is 13.6 Å². The van der Waals surface area contributed by atoms with Gasteiger partial charge in [-0.05, 0) is 24.1 Å². The van der Waals surface area contributed by atoms with Crippen LogP contribution in [0.1, 0.15) is 12.0 Å². The third-order valence-corrected chi connectivity index (χ3v) is 2.67. The Bertz CT molecular complexity index is 513. The molecule has 1 amide bonds. The molecule has 1 aromatic carbocycles. The minimum atomic E-state index is -3.99. The summed E-state index contributed by atoms with van der Waals surface area (Å²) in [7, 11) is -3.99. The van der Waals surface area contributed by atoms with E-state index < -0.39 is 10.3 Å². The minimum absolute atomic E-state index is 0.0864. The van der Waals surface area contributed by atoms with Crippen molar-refractivity contribution in [2.75, 3.05) is 13.1 Å². The molecule has 0 aliphatic heterocycles. The SMILES string of the molecule is NCCC(=O)NCCc1ccc(OS(N)(=O)=O)cc1. The summed E-state index contributed by atoms with van der Waals surface area (Å²) in [4.78, 5) is 11.2. The van der Waals surface area contributed by atoms with Crippen LogP contribution in [0.25, 0.3) is 0 Å². The molecule has 0 saturated heterocycles. The van der Waals surface area contributed by atoms with Crippen molar-refractivity contribution in [2.45, 2.75) is 12.8 Å². The Morgan fingerprint density at radius 1 is 1.26 bits per heavy atom. The number of benzene rings is 1. The van der Waals surface area contributed by atoms with Crippen LogP contribution < -0.4 is 20.4 Å². The van der Waals surface area contributed by atoms with Crippen molar-refractivity contribution in [2.24, 2.45) is 10.9 Å². The lowest BCUT2D eigenvalue weighted by atomic mass is 10.1. The highest BCUT2D eigenvalue weighted by Crippen LogP contribution is 2.13. The van der Waals surface area contributed by atoms with Crippen LogP contribution in [0, 0.1) is 0 Å². The van der Waals surface area contributed by atoms with Crippen molar-refractivity contribution >= 4 is 16.2 Å². The maximum atomic E-state index is 11.2. The molecule has 0 spiro atoms. The van der Waals surface area contributed by atoms with Crippen molar-refractivity contribution in [1.29, 1.82) is 0 Å². The molecule has 1 rings (SSSR count). The summed E-state index contributed by atoms with van der Waals surface area (Å²) in [5, 5.41) is 7.46. The third kappa shape index (κ3) is 6.75. The Morgan fingerprint density at radius 2 is 1.89 bits per heavy atom. The number of carbonyl (C=O) groups is 1. The van der Waals surface area contributed by atoms with E-state index in [9.17, 15) is 13.2 Å². The van der Waals surface area contributed by atoms with Gasteiger partial charge in [0.2, 0.25) is 5.91 Å². The zero-order valence-corrected chi connectivity index (χ0v) is 11.2. The van der Waals surface area contributed by atoms with Gasteiger partial charge in [0.25, 0.3) is 0 Å². The average Bonchev–Trinajstić information content (AvgIpc) is 2.30. The number of nitrogens with two attached hydrogens (primary N) is 2. The highest BCUT2D eigenvalue weighted by atomic mass is 32.2. The second-order valence-corrected chi connectivity index (χ2v) is 5.01. The van der Waals surface area contributed by atoms with E-state index in [4.69, 9.17) is 10.9 Å². The Morgan fingerprint density at radius 3 is 2.42 bits per heavy atom. The van der Waals surface area contributed by atoms with Crippen LogP contribution in [0.4, 0.5) is 0 Å². The molecule has 0 atom stereocenters. The lowest BCUT2D eigenvalue weighted by Crippen LogP contribution is -2.27. The number of rotatable bonds is 7. The van der Waals surface area contributed by atoms with Gasteiger partial charge in [0.1, 0.15) is 5.75 Å². The Kier molecular flexibility index (Phi) is 5.74. The molecular formula is C11H17N3O4S. The number of hydrogen-bond acceptors (Lipinski definition) is 5. The van der Waals surface area contributed by atoms with E-state index in [1.54, 1.807) is 12.1 Å². The molecule has 0 heterocycles. The number of nitrogens with one attached hydrogen (secondary N) is 1. The largest absolute Gasteiger partial charge is 0.380 e. The molecule has 1 aromatic rings. The van der Waals surface area contributed by atoms with Crippen LogP contribution in [0.3, 0.4) is 0 Å². The highest BCUT2D eigenvalue weighted by molar-refractivity contribution is 7.84. The smallest absolute Gasteiger partial charge is 0.371 e. The van der Waals surface area contributed by atoms with Crippen LogP contribution in [0.15, 0.2) is 24.3 Å². The van der Waals surface area contributed by atoms with Gasteiger partial charge < -0.3 is 15.2 Å². The van der Waals surface area contributed by atoms with Crippen molar-refractivity contribution in [3.63, 3.8) is 0 Å². The Labute approximate surface area is 112 Å². The number of amides is 1. The maximum Gasteiger partial charge on any atom is 0.380 e. The molecule has 0 aliphatic carbocycles. The molecule has 0 aliphatic rings. The standard InChI is InChI=1S/C11H17N3O4S/c12-7-5-11(15)14-8-6-9-1-3-10(4-2-9)18-19(13,16)17/h1-4H,5-8,12H2,(H,14,15)(H2,13,16,17). The van der Waals surface area contributed by atoms with Crippen molar-refractivity contribution < 1.29 is 17.4 Å². The van der Waals surface area contributed by atoms with Gasteiger partial charge in [-0.25, -0.2) is 0 Å². The maximum absolute atomic E-state index is 11.2. The summed E-state index contributed by atoms with van der Waals surface area (Å²) in [6.45, 7) is 0.819. The van der Waals surface area contributed by atoms with Crippen molar-refractivity contribution in [1.82, 2.24) is 5.32 Å². The quantitative estimate of drug-likeness (QED) is 0.610. The minimum Gasteiger partial charge on any atom is -0.371 e. The van der Waals surface area contributed by atoms with Gasteiger partial charge in [-0.3, -0.25) is 4.79 Å². The van der Waals surface area contributed by atoms with E-state index in [0.29, 0.717) is 25.9 Å². The summed E-state index contributed by atoms with van der Waals surface area (Å²) in [6.07, 6.45) is 0.938. The van der Waals surface area contributed by atoms with Crippen LogP contribution in [0.5, 0.6) is 5.75 Å². The molecule has 106 valence electrons. The average molecular weight is 287 g/mol. The normalized spacial score (nSPS) is 11.1. The van der Waals surface area contributed by atoms with Gasteiger partial charge >= 0.3 is 10.3 Å². The predicted molar refractivity (Wildman–Crippen MR) is 70.6 cm³/mol. The summed E-state index contributed by atoms with van der Waals surface area (Å²) >= 11 is 0. The molecule has 0 radical (unpaired) electrons. The third-order valence-electron chi connectivity index (χ3n) is 2.24. The topological polar surface area (TPSA) is 125 Å². The number of hydrogen-bond donors (Lipinski definition) is 3. The first kappa shape index (κ1) is 15.4. The Balaban J connectivity index is 2.42. The van der Waals surface area contributed by atoms with Crippen molar-refractivity contribution in [3.8, 4) is 5.75 Å². The fourth-order valence-corrected chi connectivity index (χ4v) is 1.79. The molecule has 0 bridgehead atoms. The fourth-order valence-electron chi connectivity index (χ4n) is 1.41. The van der Waals surface area contributed by atoms with Gasteiger partial charge in [-0.1, -0.05) is 12.1 Å². The van der Waals surface area contributed by atoms with Crippen LogP contribution in [0.2, 0.25) is 0 Å². The fraction of sp³-hybridized carbons (Fsp3) is 0.364. The molecule has 0 aromatic heterocycles. The van der Waals surface area contributed by atoms with Crippen molar-refractivity contribution in [3.05, 3.63) is 29.8 Å². The first-order valence-electron chi connectivity index (χ1n) is 5.68. The molecule has 5 N–H and O–H groups in total. The summed E-state index contributed by atoms with van der Waals surface area (Å²) in [5.74, 6) is 0.0649. The van der Waals surface area contributed by atoms with Gasteiger partial charge in [0.05, 0.1) is 0 Å². The predicted octanol–water partition coefficient (Wildman–Crippen LogP) is -0.724. The second-order valence-electron chi connectivity index (χ2n) is 3.86. The van der Waals surface area contributed by atoms with E-state index in [-0.39, 0.29) is 11.7 Å². The van der Waals surface area contributed by atoms with Crippen LogP contribution in [-0.2, 0) is 21.5 Å². The highest BCUT2D eigenvalue weighted by Gasteiger charge is 2.04. The van der Waals surface area contributed by atoms with Crippen LogP contribution in [-0.4, -0.2) is 27.4 Å². The zero-order valence-electron chi connectivity index (χ0n) is 10.3. The van der Waals surface area contributed by atoms with Gasteiger partial charge in [0, 0.05) is 19.5 Å². The molecule has 0 unspecified atom stereocenters. The molecule has 0 fully saturated rings. The van der Waals surface area contributed by atoms with Gasteiger partial charge in [-0.15, -0.1) is 0 Å². The molecular weight excluding hydrogens is 270 g/mol. The van der Waals surface area contributed by atoms with E-state index in [1.807, 2.05) is 0 Å². The van der Waals surface area contributed by atoms with E-state index >= 15 is 0 Å². The first-order chi connectivity index (χ1) is 8.90. The zero-order chi connectivity index (χ0) is 14.3. The van der Waals surface area contributed by atoms with E-state index in [2.05, 4.69) is 9.50 Å². The summed E-state index contributed by atoms with van der Waals surface area (Å²) < 4.78 is 25.9. The number of carbonyl (C=O) groups excluding carboxylic acids is 1. The monoisotopic (exact) mass is 287 g/mol. The molecule has 19 heavy (non-hydrogen) atoms. The lowest BCUT2D eigenvalue weighted by Gasteiger charge is -2.06. The first-order valence-corrected chi connectivity index (χ1v) is 7.16. The summed E-state index contributed by atoms with van der Waals surface area (Å²) in [5.41, 5.74) is 6.18. The summed E-state index contributed by atoms with van der Waals surface area (Å²) in [6, 6.07) is 6.41. The van der Waals surface area contributed by atoms with E-state index in [0.717, 1.165) is 5.56 Å². The van der Waals surface area contributed by atoms with Gasteiger partial charge in [0.15, 0.2) is 0 Å². The Hall–Kier alpha value is -1.64. The second kappa shape index (κ2) is 7.07. The molecule has 7 nitrogen and oxygen atoms in total. The van der Waals surface area contributed by atoms with E-state index in [1.165, 1.54) is 12.1 Å². The van der Waals surface area contributed by atoms with Crippen LogP contribution >= 0.6 is 0 Å².